The molecule has 12 heteroatoms. The van der Waals surface area contributed by atoms with Crippen molar-refractivity contribution in [2.75, 3.05) is 5.32 Å². The Balaban J connectivity index is 3.15. The molecule has 1 N–H and O–H groups in total. The van der Waals surface area contributed by atoms with Gasteiger partial charge in [0.2, 0.25) is 0 Å². The van der Waals surface area contributed by atoms with E-state index in [1.807, 2.05) is 0 Å². The van der Waals surface area contributed by atoms with Crippen molar-refractivity contribution < 1.29 is 40.5 Å². The van der Waals surface area contributed by atoms with Crippen molar-refractivity contribution in [3.05, 3.63) is 34.4 Å². The number of nitrogens with zero attached hydrogens (tertiary/aromatic N) is 1. The maximum Gasteiger partial charge on any atom is 0.460 e. The summed E-state index contributed by atoms with van der Waals surface area (Å²) in [4.78, 5) is 20.4. The maximum absolute atomic E-state index is 13.1. The normalized spacial score (nSPS) is 12.9. The molecular formula is C10H5F7N2O3. The first-order chi connectivity index (χ1) is 9.82. The Morgan fingerprint density at radius 2 is 1.55 bits per heavy atom. The molecule has 0 aliphatic heterocycles. The Bertz CT molecular complexity index is 600. The number of benzene rings is 1. The van der Waals surface area contributed by atoms with E-state index in [1.54, 1.807) is 0 Å². The molecule has 0 spiro atoms. The van der Waals surface area contributed by atoms with Crippen LogP contribution in [0.15, 0.2) is 24.3 Å². The summed E-state index contributed by atoms with van der Waals surface area (Å²) < 4.78 is 87.2. The van der Waals surface area contributed by atoms with Crippen molar-refractivity contribution >= 4 is 17.3 Å². The van der Waals surface area contributed by atoms with E-state index >= 15 is 0 Å². The summed E-state index contributed by atoms with van der Waals surface area (Å²) in [6.07, 6.45) is -6.68. The van der Waals surface area contributed by atoms with E-state index in [2.05, 4.69) is 0 Å². The topological polar surface area (TPSA) is 72.2 Å². The third kappa shape index (κ3) is 2.94. The molecule has 0 aromatic heterocycles. The fraction of sp³-hybridized carbons (Fsp3) is 0.300. The van der Waals surface area contributed by atoms with Gasteiger partial charge in [-0.2, -0.15) is 30.7 Å². The number of nitrogens with one attached hydrogen (secondary N) is 1. The monoisotopic (exact) mass is 334 g/mol. The minimum absolute atomic E-state index is 0.692. The quantitative estimate of drug-likeness (QED) is 0.521. The lowest BCUT2D eigenvalue weighted by Crippen LogP contribution is -2.57. The number of hydrogen-bond donors (Lipinski definition) is 1. The molecule has 0 aliphatic rings. The van der Waals surface area contributed by atoms with Gasteiger partial charge in [0.15, 0.2) is 0 Å². The second-order valence-corrected chi connectivity index (χ2v) is 3.87. The van der Waals surface area contributed by atoms with E-state index in [0.717, 1.165) is 23.5 Å². The van der Waals surface area contributed by atoms with Gasteiger partial charge in [-0.05, 0) is 6.07 Å². The highest BCUT2D eigenvalue weighted by Crippen LogP contribution is 2.47. The van der Waals surface area contributed by atoms with Crippen LogP contribution in [0.3, 0.4) is 0 Å². The Kier molecular flexibility index (Phi) is 4.35. The molecule has 0 fully saturated rings. The lowest BCUT2D eigenvalue weighted by atomic mass is 10.1. The first-order valence-electron chi connectivity index (χ1n) is 5.19. The molecule has 0 bridgehead atoms. The lowest BCUT2D eigenvalue weighted by molar-refractivity contribution is -0.384. The summed E-state index contributed by atoms with van der Waals surface area (Å²) in [5.74, 6) is -15.8. The van der Waals surface area contributed by atoms with Gasteiger partial charge in [-0.15, -0.1) is 0 Å². The molecule has 22 heavy (non-hydrogen) atoms. The summed E-state index contributed by atoms with van der Waals surface area (Å²) >= 11 is 0. The predicted molar refractivity (Wildman–Crippen MR) is 57.7 cm³/mol. The standard InChI is InChI=1S/C10H5F7N2O3/c11-8(12,9(13,14)10(15,16)17)7(20)18-5-3-1-2-4-6(5)19(21)22/h1-4H,(H,18,20). The van der Waals surface area contributed by atoms with Crippen LogP contribution in [0.5, 0.6) is 0 Å². The van der Waals surface area contributed by atoms with Gasteiger partial charge in [0.25, 0.3) is 5.69 Å². The zero-order valence-electron chi connectivity index (χ0n) is 10.1. The summed E-state index contributed by atoms with van der Waals surface area (Å²) in [7, 11) is 0. The zero-order chi connectivity index (χ0) is 17.3. The van der Waals surface area contributed by atoms with Gasteiger partial charge in [0.1, 0.15) is 5.69 Å². The SMILES string of the molecule is O=C(Nc1ccccc1[N+](=O)[O-])C(F)(F)C(F)(F)C(F)(F)F. The van der Waals surface area contributed by atoms with Crippen LogP contribution in [0.2, 0.25) is 0 Å². The highest BCUT2D eigenvalue weighted by Gasteiger charge is 2.76. The van der Waals surface area contributed by atoms with Crippen molar-refractivity contribution in [1.29, 1.82) is 0 Å². The number of amides is 1. The number of anilines is 1. The average molecular weight is 334 g/mol. The van der Waals surface area contributed by atoms with Gasteiger partial charge in [-0.3, -0.25) is 14.9 Å². The van der Waals surface area contributed by atoms with Gasteiger partial charge < -0.3 is 5.32 Å². The number of para-hydroxylation sites is 2. The largest absolute Gasteiger partial charge is 0.460 e. The molecule has 1 aromatic rings. The van der Waals surface area contributed by atoms with Gasteiger partial charge >= 0.3 is 23.9 Å². The van der Waals surface area contributed by atoms with Crippen LogP contribution in [0, 0.1) is 10.1 Å². The molecule has 1 aromatic carbocycles. The number of nitro groups is 1. The fourth-order valence-electron chi connectivity index (χ4n) is 1.26. The van der Waals surface area contributed by atoms with Crippen LogP contribution in [-0.4, -0.2) is 28.9 Å². The van der Waals surface area contributed by atoms with E-state index < -0.39 is 40.2 Å². The fourth-order valence-corrected chi connectivity index (χ4v) is 1.26. The van der Waals surface area contributed by atoms with Crippen molar-refractivity contribution in [1.82, 2.24) is 0 Å². The third-order valence-corrected chi connectivity index (χ3v) is 2.38. The Morgan fingerprint density at radius 1 is 1.05 bits per heavy atom. The molecule has 0 unspecified atom stereocenters. The van der Waals surface area contributed by atoms with Crippen molar-refractivity contribution in [2.45, 2.75) is 18.0 Å². The number of alkyl halides is 7. The van der Waals surface area contributed by atoms with Crippen LogP contribution >= 0.6 is 0 Å². The van der Waals surface area contributed by atoms with Crippen LogP contribution in [0.1, 0.15) is 0 Å². The number of rotatable bonds is 4. The molecule has 0 radical (unpaired) electrons. The zero-order valence-corrected chi connectivity index (χ0v) is 10.1. The van der Waals surface area contributed by atoms with E-state index in [0.29, 0.717) is 6.07 Å². The van der Waals surface area contributed by atoms with Crippen LogP contribution < -0.4 is 5.32 Å². The smallest absolute Gasteiger partial charge is 0.315 e. The molecule has 0 aliphatic carbocycles. The van der Waals surface area contributed by atoms with Gasteiger partial charge in [-0.25, -0.2) is 0 Å². The predicted octanol–water partition coefficient (Wildman–Crippen LogP) is 3.37. The minimum Gasteiger partial charge on any atom is -0.315 e. The Labute approximate surface area is 116 Å². The summed E-state index contributed by atoms with van der Waals surface area (Å²) in [5, 5.41) is 11.5. The molecular weight excluding hydrogens is 329 g/mol. The number of hydrogen-bond acceptors (Lipinski definition) is 3. The van der Waals surface area contributed by atoms with Crippen molar-refractivity contribution in [3.63, 3.8) is 0 Å². The van der Waals surface area contributed by atoms with E-state index in [9.17, 15) is 45.6 Å². The number of carbonyl (C=O) groups is 1. The summed E-state index contributed by atoms with van der Waals surface area (Å²) in [5.41, 5.74) is -1.91. The molecule has 0 saturated heterocycles. The molecule has 0 atom stereocenters. The maximum atomic E-state index is 13.1. The second-order valence-electron chi connectivity index (χ2n) is 3.87. The van der Waals surface area contributed by atoms with Gasteiger partial charge in [0, 0.05) is 6.07 Å². The number of halogens is 7. The van der Waals surface area contributed by atoms with E-state index in [4.69, 9.17) is 0 Å². The minimum atomic E-state index is -6.68. The number of carbonyl (C=O) groups excluding carboxylic acids is 1. The van der Waals surface area contributed by atoms with E-state index in [1.165, 1.54) is 0 Å². The van der Waals surface area contributed by atoms with Crippen LogP contribution in [0.25, 0.3) is 0 Å². The first kappa shape index (κ1) is 17.7. The van der Waals surface area contributed by atoms with Crippen LogP contribution in [-0.2, 0) is 4.79 Å². The van der Waals surface area contributed by atoms with Crippen molar-refractivity contribution in [3.8, 4) is 0 Å². The summed E-state index contributed by atoms with van der Waals surface area (Å²) in [6.45, 7) is 0. The highest BCUT2D eigenvalue weighted by molar-refractivity contribution is 5.98. The van der Waals surface area contributed by atoms with Crippen LogP contribution in [0.4, 0.5) is 42.1 Å². The molecule has 1 amide bonds. The third-order valence-electron chi connectivity index (χ3n) is 2.38. The molecule has 0 heterocycles. The van der Waals surface area contributed by atoms with E-state index in [-0.39, 0.29) is 0 Å². The lowest BCUT2D eigenvalue weighted by Gasteiger charge is -2.26. The van der Waals surface area contributed by atoms with Gasteiger partial charge in [0.05, 0.1) is 4.92 Å². The van der Waals surface area contributed by atoms with Gasteiger partial charge in [-0.1, -0.05) is 12.1 Å². The molecule has 122 valence electrons. The Morgan fingerprint density at radius 3 is 2.00 bits per heavy atom. The van der Waals surface area contributed by atoms with Crippen molar-refractivity contribution in [2.24, 2.45) is 0 Å². The average Bonchev–Trinajstić information content (AvgIpc) is 2.37. The number of nitro benzene ring substituents is 1. The Hall–Kier alpha value is -2.40. The molecule has 0 saturated carbocycles. The molecule has 5 nitrogen and oxygen atoms in total. The second kappa shape index (κ2) is 5.42. The summed E-state index contributed by atoms with van der Waals surface area (Å²) in [6, 6.07) is 3.51. The first-order valence-corrected chi connectivity index (χ1v) is 5.19. The highest BCUT2D eigenvalue weighted by atomic mass is 19.4. The molecule has 1 rings (SSSR count).